The van der Waals surface area contributed by atoms with Gasteiger partial charge in [-0.25, -0.2) is 0 Å². The van der Waals surface area contributed by atoms with Crippen LogP contribution in [0, 0.1) is 0 Å². The lowest BCUT2D eigenvalue weighted by Crippen LogP contribution is -2.41. The Labute approximate surface area is 126 Å². The van der Waals surface area contributed by atoms with Crippen LogP contribution in [0.1, 0.15) is 41.0 Å². The highest BCUT2D eigenvalue weighted by Gasteiger charge is 2.52. The van der Waals surface area contributed by atoms with Gasteiger partial charge in [-0.3, -0.25) is 9.79 Å². The molecule has 2 N–H and O–H groups in total. The van der Waals surface area contributed by atoms with Gasteiger partial charge in [0.1, 0.15) is 0 Å². The molecule has 0 spiro atoms. The number of ether oxygens (including phenoxy) is 1. The lowest BCUT2D eigenvalue weighted by Gasteiger charge is -2.32. The van der Waals surface area contributed by atoms with E-state index < -0.39 is 18.3 Å². The SMILES string of the molecule is CC(=O)OCCCN=CC(=CN)B1OC(C)(C)C(C)(C)O1. The van der Waals surface area contributed by atoms with E-state index in [1.54, 1.807) is 6.21 Å². The van der Waals surface area contributed by atoms with E-state index in [4.69, 9.17) is 19.8 Å². The Morgan fingerprint density at radius 1 is 1.29 bits per heavy atom. The van der Waals surface area contributed by atoms with E-state index in [0.717, 1.165) is 0 Å². The van der Waals surface area contributed by atoms with E-state index in [0.29, 0.717) is 25.0 Å². The van der Waals surface area contributed by atoms with Crippen molar-refractivity contribution in [1.29, 1.82) is 0 Å². The Hall–Kier alpha value is -1.34. The van der Waals surface area contributed by atoms with Crippen LogP contribution < -0.4 is 5.73 Å². The van der Waals surface area contributed by atoms with E-state index in [-0.39, 0.29) is 5.97 Å². The van der Waals surface area contributed by atoms with E-state index in [2.05, 4.69) is 4.99 Å². The van der Waals surface area contributed by atoms with E-state index in [1.165, 1.54) is 13.1 Å². The number of esters is 1. The third-order valence-electron chi connectivity index (χ3n) is 3.70. The smallest absolute Gasteiger partial charge is 0.466 e. The van der Waals surface area contributed by atoms with Crippen molar-refractivity contribution >= 4 is 19.3 Å². The fourth-order valence-corrected chi connectivity index (χ4v) is 1.70. The summed E-state index contributed by atoms with van der Waals surface area (Å²) in [5.41, 5.74) is 5.49. The highest BCUT2D eigenvalue weighted by molar-refractivity contribution is 6.60. The molecule has 0 aromatic rings. The number of carbonyl (C=O) groups excluding carboxylic acids is 1. The molecule has 1 fully saturated rings. The number of aliphatic imine (C=N–C) groups is 1. The molecule has 0 unspecified atom stereocenters. The summed E-state index contributed by atoms with van der Waals surface area (Å²) < 4.78 is 16.6. The Morgan fingerprint density at radius 2 is 1.86 bits per heavy atom. The summed E-state index contributed by atoms with van der Waals surface area (Å²) in [4.78, 5) is 14.9. The lowest BCUT2D eigenvalue weighted by atomic mass is 9.79. The van der Waals surface area contributed by atoms with Crippen LogP contribution in [0.2, 0.25) is 0 Å². The molecule has 1 rings (SSSR count). The molecule has 0 radical (unpaired) electrons. The molecule has 1 aliphatic rings. The van der Waals surface area contributed by atoms with Gasteiger partial charge in [-0.05, 0) is 33.9 Å². The minimum atomic E-state index is -0.516. The summed E-state index contributed by atoms with van der Waals surface area (Å²) in [6, 6.07) is 0. The van der Waals surface area contributed by atoms with Crippen molar-refractivity contribution in [3.63, 3.8) is 0 Å². The number of hydrogen-bond acceptors (Lipinski definition) is 6. The summed E-state index contributed by atoms with van der Waals surface area (Å²) in [5.74, 6) is -0.279. The van der Waals surface area contributed by atoms with Crippen LogP contribution in [0.5, 0.6) is 0 Å². The second-order valence-corrected chi connectivity index (χ2v) is 5.98. The molecule has 118 valence electrons. The minimum Gasteiger partial charge on any atom is -0.466 e. The largest absolute Gasteiger partial charge is 0.497 e. The third-order valence-corrected chi connectivity index (χ3v) is 3.70. The first kappa shape index (κ1) is 17.7. The molecule has 0 saturated carbocycles. The van der Waals surface area contributed by atoms with Crippen molar-refractivity contribution in [3.05, 3.63) is 11.7 Å². The molecule has 0 aliphatic carbocycles. The van der Waals surface area contributed by atoms with Crippen molar-refractivity contribution in [2.45, 2.75) is 52.2 Å². The van der Waals surface area contributed by atoms with E-state index in [9.17, 15) is 4.79 Å². The molecule has 7 heteroatoms. The van der Waals surface area contributed by atoms with E-state index >= 15 is 0 Å². The first-order valence-corrected chi connectivity index (χ1v) is 7.10. The molecule has 0 aromatic carbocycles. The predicted octanol–water partition coefficient (Wildman–Crippen LogP) is 1.48. The normalized spacial score (nSPS) is 21.0. The van der Waals surface area contributed by atoms with Crippen LogP contribution in [-0.2, 0) is 18.8 Å². The molecule has 0 bridgehead atoms. The topological polar surface area (TPSA) is 83.1 Å². The average molecular weight is 296 g/mol. The van der Waals surface area contributed by atoms with Crippen LogP contribution >= 0.6 is 0 Å². The second-order valence-electron chi connectivity index (χ2n) is 5.98. The number of nitrogens with two attached hydrogens (primary N) is 1. The molecule has 0 atom stereocenters. The Morgan fingerprint density at radius 3 is 2.33 bits per heavy atom. The first-order valence-electron chi connectivity index (χ1n) is 7.10. The van der Waals surface area contributed by atoms with Crippen molar-refractivity contribution in [3.8, 4) is 0 Å². The second kappa shape index (κ2) is 7.09. The molecule has 21 heavy (non-hydrogen) atoms. The van der Waals surface area contributed by atoms with Gasteiger partial charge in [-0.2, -0.15) is 0 Å². The van der Waals surface area contributed by atoms with Crippen molar-refractivity contribution in [2.24, 2.45) is 10.7 Å². The predicted molar refractivity (Wildman–Crippen MR) is 83.0 cm³/mol. The number of nitrogens with zero attached hydrogens (tertiary/aromatic N) is 1. The van der Waals surface area contributed by atoms with Gasteiger partial charge in [0.25, 0.3) is 0 Å². The summed E-state index contributed by atoms with van der Waals surface area (Å²) in [5, 5.41) is 0. The molecule has 1 aliphatic heterocycles. The fourth-order valence-electron chi connectivity index (χ4n) is 1.70. The first-order chi connectivity index (χ1) is 9.69. The summed E-state index contributed by atoms with van der Waals surface area (Å²) in [6.45, 7) is 10.2. The molecule has 0 amide bonds. The fraction of sp³-hybridized carbons (Fsp3) is 0.714. The molecule has 1 heterocycles. The minimum absolute atomic E-state index is 0.279. The Balaban J connectivity index is 2.48. The molecular formula is C14H25BN2O4. The van der Waals surface area contributed by atoms with Gasteiger partial charge in [0.15, 0.2) is 0 Å². The van der Waals surface area contributed by atoms with E-state index in [1.807, 2.05) is 27.7 Å². The summed E-state index contributed by atoms with van der Waals surface area (Å²) >= 11 is 0. The summed E-state index contributed by atoms with van der Waals surface area (Å²) in [6.07, 6.45) is 3.75. The molecular weight excluding hydrogens is 271 g/mol. The number of allylic oxidation sites excluding steroid dienone is 1. The van der Waals surface area contributed by atoms with Crippen LogP contribution in [0.25, 0.3) is 0 Å². The zero-order chi connectivity index (χ0) is 16.1. The maximum absolute atomic E-state index is 10.6. The van der Waals surface area contributed by atoms with Crippen molar-refractivity contribution in [1.82, 2.24) is 0 Å². The highest BCUT2D eigenvalue weighted by atomic mass is 16.7. The molecule has 1 saturated heterocycles. The van der Waals surface area contributed by atoms with Gasteiger partial charge in [-0.1, -0.05) is 0 Å². The van der Waals surface area contributed by atoms with Crippen LogP contribution in [0.4, 0.5) is 0 Å². The summed E-state index contributed by atoms with van der Waals surface area (Å²) in [7, 11) is -0.516. The van der Waals surface area contributed by atoms with Gasteiger partial charge in [-0.15, -0.1) is 0 Å². The maximum atomic E-state index is 10.6. The van der Waals surface area contributed by atoms with Crippen LogP contribution in [0.3, 0.4) is 0 Å². The number of rotatable bonds is 6. The standard InChI is InChI=1S/C14H25BN2O4/c1-11(18)19-8-6-7-17-10-12(9-16)15-20-13(2,3)14(4,5)21-15/h9-10H,6-8,16H2,1-5H3. The van der Waals surface area contributed by atoms with Gasteiger partial charge < -0.3 is 19.8 Å². The maximum Gasteiger partial charge on any atom is 0.497 e. The molecule has 0 aromatic heterocycles. The number of hydrogen-bond donors (Lipinski definition) is 1. The quantitative estimate of drug-likeness (QED) is 0.347. The highest BCUT2D eigenvalue weighted by Crippen LogP contribution is 2.38. The average Bonchev–Trinajstić information content (AvgIpc) is 2.57. The van der Waals surface area contributed by atoms with Gasteiger partial charge >= 0.3 is 13.1 Å². The molecule has 6 nitrogen and oxygen atoms in total. The third kappa shape index (κ3) is 4.86. The van der Waals surface area contributed by atoms with Gasteiger partial charge in [0.05, 0.1) is 17.8 Å². The van der Waals surface area contributed by atoms with Gasteiger partial charge in [0, 0.05) is 31.6 Å². The van der Waals surface area contributed by atoms with Crippen LogP contribution in [0.15, 0.2) is 16.7 Å². The monoisotopic (exact) mass is 296 g/mol. The van der Waals surface area contributed by atoms with Gasteiger partial charge in [0.2, 0.25) is 0 Å². The zero-order valence-electron chi connectivity index (χ0n) is 13.5. The van der Waals surface area contributed by atoms with Crippen molar-refractivity contribution in [2.75, 3.05) is 13.2 Å². The Bertz CT molecular complexity index is 417. The Kier molecular flexibility index (Phi) is 5.98. The number of carbonyl (C=O) groups is 1. The van der Waals surface area contributed by atoms with Crippen molar-refractivity contribution < 1.29 is 18.8 Å². The van der Waals surface area contributed by atoms with Crippen LogP contribution in [-0.4, -0.2) is 43.7 Å². The zero-order valence-corrected chi connectivity index (χ0v) is 13.5. The lowest BCUT2D eigenvalue weighted by molar-refractivity contribution is -0.140.